The largest absolute Gasteiger partial charge is 0.496 e. The van der Waals surface area contributed by atoms with Crippen LogP contribution in [0.4, 0.5) is 15.9 Å². The molecule has 2 N–H and O–H groups in total. The summed E-state index contributed by atoms with van der Waals surface area (Å²) < 4.78 is 19.0. The van der Waals surface area contributed by atoms with Crippen LogP contribution >= 0.6 is 0 Å². The van der Waals surface area contributed by atoms with Crippen LogP contribution in [0.2, 0.25) is 0 Å². The maximum atomic E-state index is 13.6. The number of hydrogen-bond donors (Lipinski definition) is 2. The molecule has 2 aromatic carbocycles. The Morgan fingerprint density at radius 3 is 2.50 bits per heavy atom. The summed E-state index contributed by atoms with van der Waals surface area (Å²) in [6.07, 6.45) is 2.43. The number of halogens is 1. The van der Waals surface area contributed by atoms with E-state index in [9.17, 15) is 9.18 Å². The Hall–Kier alpha value is -3.41. The molecule has 5 nitrogen and oxygen atoms in total. The van der Waals surface area contributed by atoms with Crippen molar-refractivity contribution in [1.82, 2.24) is 4.98 Å². The molecule has 144 valence electrons. The van der Waals surface area contributed by atoms with Crippen molar-refractivity contribution in [2.75, 3.05) is 24.3 Å². The number of aromatic nitrogens is 1. The summed E-state index contributed by atoms with van der Waals surface area (Å²) in [5.41, 5.74) is 2.33. The molecule has 1 heterocycles. The van der Waals surface area contributed by atoms with Gasteiger partial charge in [0.05, 0.1) is 25.4 Å². The number of rotatable bonds is 8. The molecule has 0 aliphatic carbocycles. The number of nitrogens with one attached hydrogen (secondary N) is 2. The van der Waals surface area contributed by atoms with E-state index >= 15 is 0 Å². The minimum atomic E-state index is -0.389. The third-order valence-corrected chi connectivity index (χ3v) is 4.26. The van der Waals surface area contributed by atoms with E-state index in [2.05, 4.69) is 15.6 Å². The van der Waals surface area contributed by atoms with Gasteiger partial charge < -0.3 is 15.4 Å². The molecule has 0 atom stereocenters. The van der Waals surface area contributed by atoms with Crippen LogP contribution in [0.15, 0.2) is 66.9 Å². The highest BCUT2D eigenvalue weighted by Crippen LogP contribution is 2.18. The molecule has 6 heteroatoms. The average molecular weight is 379 g/mol. The van der Waals surface area contributed by atoms with Crippen molar-refractivity contribution in [3.05, 3.63) is 83.8 Å². The number of carbonyl (C=O) groups excluding carboxylic acids is 1. The summed E-state index contributed by atoms with van der Waals surface area (Å²) in [5.74, 6) is 0.599. The summed E-state index contributed by atoms with van der Waals surface area (Å²) in [6.45, 7) is 0.723. The van der Waals surface area contributed by atoms with Gasteiger partial charge in [0.1, 0.15) is 17.4 Å². The number of anilines is 2. The lowest BCUT2D eigenvalue weighted by Crippen LogP contribution is -2.16. The van der Waals surface area contributed by atoms with Crippen LogP contribution in [0.1, 0.15) is 11.1 Å². The molecule has 0 saturated heterocycles. The number of methoxy groups -OCH3 is 1. The fourth-order valence-electron chi connectivity index (χ4n) is 2.83. The van der Waals surface area contributed by atoms with Crippen LogP contribution in [-0.4, -0.2) is 24.5 Å². The molecule has 1 amide bonds. The first-order valence-electron chi connectivity index (χ1n) is 9.01. The summed E-state index contributed by atoms with van der Waals surface area (Å²) in [5, 5.41) is 5.97. The van der Waals surface area contributed by atoms with Gasteiger partial charge in [0.15, 0.2) is 0 Å². The molecule has 0 radical (unpaired) electrons. The minimum Gasteiger partial charge on any atom is -0.496 e. The number of amides is 1. The standard InChI is InChI=1S/C22H22FN3O2/c1-28-20-9-5-3-6-16(20)12-13-24-18-10-11-21(25-15-18)26-22(27)14-17-7-2-4-8-19(17)23/h2-11,15,24H,12-14H2,1H3,(H,25,26,27). The van der Waals surface area contributed by atoms with E-state index < -0.39 is 0 Å². The smallest absolute Gasteiger partial charge is 0.230 e. The molecule has 0 spiro atoms. The highest BCUT2D eigenvalue weighted by molar-refractivity contribution is 5.91. The lowest BCUT2D eigenvalue weighted by Gasteiger charge is -2.10. The van der Waals surface area contributed by atoms with E-state index in [1.807, 2.05) is 30.3 Å². The van der Waals surface area contributed by atoms with Crippen molar-refractivity contribution in [1.29, 1.82) is 0 Å². The summed E-state index contributed by atoms with van der Waals surface area (Å²) in [7, 11) is 1.66. The van der Waals surface area contributed by atoms with Crippen LogP contribution in [0.3, 0.4) is 0 Å². The van der Waals surface area contributed by atoms with Gasteiger partial charge in [0.2, 0.25) is 5.91 Å². The molecule has 3 aromatic rings. The van der Waals surface area contributed by atoms with Gasteiger partial charge in [-0.05, 0) is 41.8 Å². The number of ether oxygens (including phenoxy) is 1. The van der Waals surface area contributed by atoms with Crippen molar-refractivity contribution < 1.29 is 13.9 Å². The first-order chi connectivity index (χ1) is 13.7. The van der Waals surface area contributed by atoms with Crippen LogP contribution in [0, 0.1) is 5.82 Å². The number of nitrogens with zero attached hydrogens (tertiary/aromatic N) is 1. The van der Waals surface area contributed by atoms with Gasteiger partial charge in [0.25, 0.3) is 0 Å². The normalized spacial score (nSPS) is 10.4. The summed E-state index contributed by atoms with van der Waals surface area (Å²) >= 11 is 0. The molecule has 0 aliphatic rings. The van der Waals surface area contributed by atoms with Crippen molar-refractivity contribution >= 4 is 17.4 Å². The molecule has 0 aliphatic heterocycles. The van der Waals surface area contributed by atoms with Gasteiger partial charge in [-0.25, -0.2) is 9.37 Å². The van der Waals surface area contributed by atoms with Gasteiger partial charge in [-0.1, -0.05) is 36.4 Å². The van der Waals surface area contributed by atoms with Crippen LogP contribution in [0.25, 0.3) is 0 Å². The number of benzene rings is 2. The molecule has 0 bridgehead atoms. The Balaban J connectivity index is 1.49. The number of hydrogen-bond acceptors (Lipinski definition) is 4. The molecular formula is C22H22FN3O2. The van der Waals surface area contributed by atoms with Gasteiger partial charge in [-0.15, -0.1) is 0 Å². The second-order valence-electron chi connectivity index (χ2n) is 6.24. The summed E-state index contributed by atoms with van der Waals surface area (Å²) in [4.78, 5) is 16.3. The lowest BCUT2D eigenvalue weighted by atomic mass is 10.1. The van der Waals surface area contributed by atoms with Crippen molar-refractivity contribution in [2.45, 2.75) is 12.8 Å². The predicted octanol–water partition coefficient (Wildman–Crippen LogP) is 4.07. The van der Waals surface area contributed by atoms with Crippen LogP contribution in [-0.2, 0) is 17.6 Å². The molecule has 3 rings (SSSR count). The SMILES string of the molecule is COc1ccccc1CCNc1ccc(NC(=O)Cc2ccccc2F)nc1. The Bertz CT molecular complexity index is 929. The maximum absolute atomic E-state index is 13.6. The third kappa shape index (κ3) is 5.30. The first kappa shape index (κ1) is 19.4. The van der Waals surface area contributed by atoms with Crippen molar-refractivity contribution in [3.63, 3.8) is 0 Å². The lowest BCUT2D eigenvalue weighted by molar-refractivity contribution is -0.115. The second kappa shape index (κ2) is 9.50. The number of para-hydroxylation sites is 1. The van der Waals surface area contributed by atoms with E-state index in [0.29, 0.717) is 11.4 Å². The van der Waals surface area contributed by atoms with Gasteiger partial charge in [0, 0.05) is 6.54 Å². The minimum absolute atomic E-state index is 0.0345. The van der Waals surface area contributed by atoms with Crippen molar-refractivity contribution in [3.8, 4) is 5.75 Å². The van der Waals surface area contributed by atoms with E-state index in [4.69, 9.17) is 4.74 Å². The fraction of sp³-hybridized carbons (Fsp3) is 0.182. The zero-order chi connectivity index (χ0) is 19.8. The Morgan fingerprint density at radius 1 is 1.04 bits per heavy atom. The highest BCUT2D eigenvalue weighted by atomic mass is 19.1. The molecule has 1 aromatic heterocycles. The quantitative estimate of drug-likeness (QED) is 0.619. The van der Waals surface area contributed by atoms with Gasteiger partial charge in [-0.3, -0.25) is 4.79 Å². The monoisotopic (exact) mass is 379 g/mol. The van der Waals surface area contributed by atoms with E-state index in [-0.39, 0.29) is 18.1 Å². The Morgan fingerprint density at radius 2 is 1.79 bits per heavy atom. The average Bonchev–Trinajstić information content (AvgIpc) is 2.71. The zero-order valence-corrected chi connectivity index (χ0v) is 15.6. The Labute approximate surface area is 163 Å². The van der Waals surface area contributed by atoms with Gasteiger partial charge >= 0.3 is 0 Å². The molecule has 0 unspecified atom stereocenters. The number of pyridine rings is 1. The zero-order valence-electron chi connectivity index (χ0n) is 15.6. The molecule has 0 fully saturated rings. The number of carbonyl (C=O) groups is 1. The molecular weight excluding hydrogens is 357 g/mol. The molecule has 0 saturated carbocycles. The first-order valence-corrected chi connectivity index (χ1v) is 9.01. The topological polar surface area (TPSA) is 63.2 Å². The summed E-state index contributed by atoms with van der Waals surface area (Å²) in [6, 6.07) is 17.7. The Kier molecular flexibility index (Phi) is 6.57. The van der Waals surface area contributed by atoms with E-state index in [1.54, 1.807) is 37.6 Å². The third-order valence-electron chi connectivity index (χ3n) is 4.26. The predicted molar refractivity (Wildman–Crippen MR) is 108 cm³/mol. The van der Waals surface area contributed by atoms with Gasteiger partial charge in [-0.2, -0.15) is 0 Å². The maximum Gasteiger partial charge on any atom is 0.230 e. The van der Waals surface area contributed by atoms with E-state index in [1.165, 1.54) is 6.07 Å². The fourth-order valence-corrected chi connectivity index (χ4v) is 2.83. The van der Waals surface area contributed by atoms with Crippen molar-refractivity contribution in [2.24, 2.45) is 0 Å². The van der Waals surface area contributed by atoms with Crippen LogP contribution in [0.5, 0.6) is 5.75 Å². The molecule has 28 heavy (non-hydrogen) atoms. The highest BCUT2D eigenvalue weighted by Gasteiger charge is 2.08. The second-order valence-corrected chi connectivity index (χ2v) is 6.24. The van der Waals surface area contributed by atoms with E-state index in [0.717, 1.165) is 30.0 Å². The van der Waals surface area contributed by atoms with Crippen LogP contribution < -0.4 is 15.4 Å².